The molecular weight excluding hydrogens is 547 g/mol. The van der Waals surface area contributed by atoms with E-state index >= 15 is 0 Å². The monoisotopic (exact) mass is 575 g/mol. The predicted molar refractivity (Wildman–Crippen MR) is 142 cm³/mol. The average Bonchev–Trinajstić information content (AvgIpc) is 3.06. The fraction of sp³-hybridized carbons (Fsp3) is 0.321. The van der Waals surface area contributed by atoms with Crippen LogP contribution in [0.5, 0.6) is 5.75 Å². The highest BCUT2D eigenvalue weighted by atomic mass is 32.2. The maximum atomic E-state index is 13.3. The Bertz CT molecular complexity index is 1450. The van der Waals surface area contributed by atoms with Gasteiger partial charge in [-0.15, -0.1) is 13.2 Å². The molecule has 1 amide bonds. The third kappa shape index (κ3) is 5.79. The van der Waals surface area contributed by atoms with Gasteiger partial charge in [0.05, 0.1) is 23.1 Å². The van der Waals surface area contributed by atoms with Gasteiger partial charge in [0, 0.05) is 31.4 Å². The first-order chi connectivity index (χ1) is 18.9. The predicted octanol–water partition coefficient (Wildman–Crippen LogP) is 3.76. The number of hydrogen-bond donors (Lipinski definition) is 2. The zero-order valence-electron chi connectivity index (χ0n) is 21.5. The van der Waals surface area contributed by atoms with E-state index in [0.717, 1.165) is 59.6 Å². The number of carbonyl (C=O) groups excluding carboxylic acids is 1. The van der Waals surface area contributed by atoms with Gasteiger partial charge < -0.3 is 19.6 Å². The molecule has 2 aliphatic heterocycles. The molecule has 0 radical (unpaired) electrons. The molecule has 212 valence electrons. The molecule has 8 nitrogen and oxygen atoms in total. The van der Waals surface area contributed by atoms with Gasteiger partial charge in [-0.1, -0.05) is 36.4 Å². The number of aliphatic hydroxyl groups is 1. The summed E-state index contributed by atoms with van der Waals surface area (Å²) >= 11 is 0. The number of piperidine rings is 1. The molecule has 0 bridgehead atoms. The average molecular weight is 576 g/mol. The van der Waals surface area contributed by atoms with Gasteiger partial charge in [0.25, 0.3) is 0 Å². The van der Waals surface area contributed by atoms with E-state index in [9.17, 15) is 31.5 Å². The zero-order chi connectivity index (χ0) is 28.7. The Morgan fingerprint density at radius 3 is 2.00 bits per heavy atom. The first kappa shape index (κ1) is 27.9. The van der Waals surface area contributed by atoms with Crippen LogP contribution in [0, 0.1) is 0 Å². The van der Waals surface area contributed by atoms with E-state index in [1.807, 2.05) is 53.4 Å². The number of alkyl halides is 3. The van der Waals surface area contributed by atoms with Gasteiger partial charge in [0.2, 0.25) is 15.9 Å². The summed E-state index contributed by atoms with van der Waals surface area (Å²) in [5.74, 6) is -0.850. The van der Waals surface area contributed by atoms with Crippen LogP contribution in [0.15, 0.2) is 77.7 Å². The smallest absolute Gasteiger partial charge is 0.406 e. The van der Waals surface area contributed by atoms with E-state index < -0.39 is 40.3 Å². The van der Waals surface area contributed by atoms with E-state index in [4.69, 9.17) is 0 Å². The molecule has 12 heteroatoms. The summed E-state index contributed by atoms with van der Waals surface area (Å²) < 4.78 is 70.4. The second kappa shape index (κ2) is 10.8. The number of aryl methyl sites for hydroxylation is 2. The second-order valence-electron chi connectivity index (χ2n) is 9.86. The lowest BCUT2D eigenvalue weighted by molar-refractivity contribution is -0.274. The minimum atomic E-state index is -4.92. The normalized spacial score (nSPS) is 21.3. The van der Waals surface area contributed by atoms with E-state index in [1.165, 1.54) is 11.8 Å². The molecule has 1 unspecified atom stereocenters. The highest BCUT2D eigenvalue weighted by molar-refractivity contribution is 7.89. The van der Waals surface area contributed by atoms with Crippen LogP contribution in [-0.2, 0) is 27.7 Å². The quantitative estimate of drug-likeness (QED) is 0.481. The molecule has 0 spiro atoms. The van der Waals surface area contributed by atoms with Gasteiger partial charge in [-0.2, -0.15) is 0 Å². The van der Waals surface area contributed by atoms with Crippen LogP contribution in [-0.4, -0.2) is 62.0 Å². The standard InChI is InChI=1S/C28H28F3N3O5S/c1-18(35)33-16-23(32-40(37,38)22-14-12-21(13-15-22)39-28(29,30)31)27(36)26(17-33)34-24-8-4-2-6-19(24)10-11-20-7-3-5-9-25(20)34/h2-9,12-15,23,26-27,32,36H,10-11,16-17H2,1H3/t23-,26?,27+/m1/s1. The number of anilines is 2. The zero-order valence-corrected chi connectivity index (χ0v) is 22.3. The topological polar surface area (TPSA) is 99.2 Å². The number of benzene rings is 3. The van der Waals surface area contributed by atoms with Gasteiger partial charge in [0.1, 0.15) is 5.75 Å². The third-order valence-corrected chi connectivity index (χ3v) is 8.75. The van der Waals surface area contributed by atoms with Crippen molar-refractivity contribution >= 4 is 27.3 Å². The molecule has 1 fully saturated rings. The summed E-state index contributed by atoms with van der Waals surface area (Å²) in [5, 5.41) is 11.7. The summed E-state index contributed by atoms with van der Waals surface area (Å²) in [6.45, 7) is 1.45. The Morgan fingerprint density at radius 2 is 1.48 bits per heavy atom. The number of amides is 1. The molecule has 3 aromatic rings. The minimum absolute atomic E-state index is 0.0847. The van der Waals surface area contributed by atoms with Gasteiger partial charge >= 0.3 is 6.36 Å². The number of nitrogens with one attached hydrogen (secondary N) is 1. The number of likely N-dealkylation sites (tertiary alicyclic amines) is 1. The van der Waals surface area contributed by atoms with Crippen molar-refractivity contribution in [2.75, 3.05) is 18.0 Å². The number of ether oxygens (including phenoxy) is 1. The summed E-state index contributed by atoms with van der Waals surface area (Å²) in [5.41, 5.74) is 3.85. The van der Waals surface area contributed by atoms with Crippen molar-refractivity contribution in [1.29, 1.82) is 0 Å². The Morgan fingerprint density at radius 1 is 0.925 bits per heavy atom. The SMILES string of the molecule is CC(=O)N1CC(N2c3ccccc3CCc3ccccc32)[C@@H](O)[C@H](NS(=O)(=O)c2ccc(OC(F)(F)F)cc2)C1. The van der Waals surface area contributed by atoms with Crippen LogP contribution in [0.1, 0.15) is 18.1 Å². The van der Waals surface area contributed by atoms with Crippen molar-refractivity contribution < 1.29 is 36.2 Å². The highest BCUT2D eigenvalue weighted by Gasteiger charge is 2.43. The third-order valence-electron chi connectivity index (χ3n) is 7.25. The lowest BCUT2D eigenvalue weighted by Crippen LogP contribution is -2.65. The van der Waals surface area contributed by atoms with Gasteiger partial charge in [0.15, 0.2) is 0 Å². The summed E-state index contributed by atoms with van der Waals surface area (Å²) in [6, 6.07) is 17.5. The molecule has 1 saturated heterocycles. The molecule has 3 atom stereocenters. The van der Waals surface area contributed by atoms with Crippen molar-refractivity contribution in [3.8, 4) is 5.75 Å². The maximum Gasteiger partial charge on any atom is 0.573 e. The number of sulfonamides is 1. The van der Waals surface area contributed by atoms with Crippen LogP contribution in [0.4, 0.5) is 24.5 Å². The molecule has 0 aromatic heterocycles. The van der Waals surface area contributed by atoms with Gasteiger partial charge in [-0.25, -0.2) is 13.1 Å². The highest BCUT2D eigenvalue weighted by Crippen LogP contribution is 2.39. The molecule has 2 heterocycles. The molecule has 5 rings (SSSR count). The van der Waals surface area contributed by atoms with Crippen molar-refractivity contribution in [2.24, 2.45) is 0 Å². The Labute approximate surface area is 230 Å². The molecule has 0 aliphatic carbocycles. The summed E-state index contributed by atoms with van der Waals surface area (Å²) in [4.78, 5) is 15.7. The lowest BCUT2D eigenvalue weighted by Gasteiger charge is -2.47. The number of rotatable bonds is 5. The van der Waals surface area contributed by atoms with Crippen molar-refractivity contribution in [1.82, 2.24) is 9.62 Å². The van der Waals surface area contributed by atoms with Crippen LogP contribution in [0.2, 0.25) is 0 Å². The minimum Gasteiger partial charge on any atom is -0.406 e. The largest absolute Gasteiger partial charge is 0.573 e. The van der Waals surface area contributed by atoms with Crippen LogP contribution in [0.25, 0.3) is 0 Å². The number of fused-ring (bicyclic) bond motifs is 2. The number of halogens is 3. The summed E-state index contributed by atoms with van der Waals surface area (Å²) in [7, 11) is -4.29. The van der Waals surface area contributed by atoms with Gasteiger partial charge in [-0.3, -0.25) is 4.79 Å². The van der Waals surface area contributed by atoms with E-state index in [0.29, 0.717) is 0 Å². The van der Waals surface area contributed by atoms with Gasteiger partial charge in [-0.05, 0) is 60.4 Å². The molecule has 40 heavy (non-hydrogen) atoms. The van der Waals surface area contributed by atoms with E-state index in [2.05, 4.69) is 9.46 Å². The van der Waals surface area contributed by atoms with E-state index in [-0.39, 0.29) is 23.9 Å². The van der Waals surface area contributed by atoms with Crippen molar-refractivity contribution in [3.63, 3.8) is 0 Å². The molecular formula is C28H28F3N3O5S. The fourth-order valence-electron chi connectivity index (χ4n) is 5.38. The van der Waals surface area contributed by atoms with E-state index in [1.54, 1.807) is 0 Å². The lowest BCUT2D eigenvalue weighted by atomic mass is 9.94. The Kier molecular flexibility index (Phi) is 7.51. The fourth-order valence-corrected chi connectivity index (χ4v) is 6.62. The molecule has 3 aromatic carbocycles. The first-order valence-electron chi connectivity index (χ1n) is 12.7. The van der Waals surface area contributed by atoms with Crippen LogP contribution < -0.4 is 14.4 Å². The van der Waals surface area contributed by atoms with Crippen LogP contribution >= 0.6 is 0 Å². The number of hydrogen-bond acceptors (Lipinski definition) is 6. The molecule has 2 N–H and O–H groups in total. The van der Waals surface area contributed by atoms with Crippen LogP contribution in [0.3, 0.4) is 0 Å². The number of para-hydroxylation sites is 2. The first-order valence-corrected chi connectivity index (χ1v) is 14.2. The van der Waals surface area contributed by atoms with Crippen molar-refractivity contribution in [3.05, 3.63) is 83.9 Å². The molecule has 0 saturated carbocycles. The number of nitrogens with zero attached hydrogens (tertiary/aromatic N) is 2. The van der Waals surface area contributed by atoms with Crippen molar-refractivity contribution in [2.45, 2.75) is 49.2 Å². The number of aliphatic hydroxyl groups excluding tert-OH is 1. The summed E-state index contributed by atoms with van der Waals surface area (Å²) in [6.07, 6.45) is -4.61. The maximum absolute atomic E-state index is 13.3. The molecule has 2 aliphatic rings. The Hall–Kier alpha value is -3.61. The number of carbonyl (C=O) groups is 1. The Balaban J connectivity index is 1.49. The second-order valence-corrected chi connectivity index (χ2v) is 11.6.